The second kappa shape index (κ2) is 6.28. The van der Waals surface area contributed by atoms with E-state index in [9.17, 15) is 4.79 Å². The molecule has 1 spiro atoms. The number of carbonyl (C=O) groups is 1. The van der Waals surface area contributed by atoms with Crippen LogP contribution in [-0.4, -0.2) is 46.2 Å². The standard InChI is InChI=1S/C16H26N4O2/c1-12-9-17-14(18-12)10-20(2)15(21)19-13-8-16(22-11-13)6-4-3-5-7-16/h9,13H,3-8,10-11H2,1-2H3,(H,17,18)(H,19,21)/t13-/m0/s1. The minimum absolute atomic E-state index is 0.0346. The van der Waals surface area contributed by atoms with Crippen LogP contribution in [0.2, 0.25) is 0 Å². The van der Waals surface area contributed by atoms with Crippen molar-refractivity contribution in [1.82, 2.24) is 20.2 Å². The van der Waals surface area contributed by atoms with Gasteiger partial charge in [0, 0.05) is 18.9 Å². The van der Waals surface area contributed by atoms with Crippen molar-refractivity contribution >= 4 is 6.03 Å². The molecule has 1 aromatic heterocycles. The van der Waals surface area contributed by atoms with Gasteiger partial charge in [0.2, 0.25) is 0 Å². The Balaban J connectivity index is 1.49. The monoisotopic (exact) mass is 306 g/mol. The molecule has 1 saturated heterocycles. The summed E-state index contributed by atoms with van der Waals surface area (Å²) in [6, 6.07) is 0.0712. The van der Waals surface area contributed by atoms with E-state index in [0.717, 1.165) is 30.8 Å². The third-order valence-electron chi connectivity index (χ3n) is 4.79. The lowest BCUT2D eigenvalue weighted by Gasteiger charge is -2.32. The van der Waals surface area contributed by atoms with Gasteiger partial charge >= 0.3 is 6.03 Å². The molecule has 1 aromatic rings. The van der Waals surface area contributed by atoms with Gasteiger partial charge in [-0.25, -0.2) is 9.78 Å². The molecule has 1 aliphatic heterocycles. The van der Waals surface area contributed by atoms with Crippen LogP contribution >= 0.6 is 0 Å². The molecule has 2 amide bonds. The zero-order valence-corrected chi connectivity index (χ0v) is 13.5. The molecular weight excluding hydrogens is 280 g/mol. The zero-order valence-electron chi connectivity index (χ0n) is 13.5. The van der Waals surface area contributed by atoms with Crippen LogP contribution in [0.3, 0.4) is 0 Å². The molecule has 0 unspecified atom stereocenters. The maximum atomic E-state index is 12.3. The Labute approximate surface area is 131 Å². The summed E-state index contributed by atoms with van der Waals surface area (Å²) in [5.41, 5.74) is 1.04. The Morgan fingerprint density at radius 2 is 2.27 bits per heavy atom. The lowest BCUT2D eigenvalue weighted by molar-refractivity contribution is -0.0246. The Morgan fingerprint density at radius 3 is 2.95 bits per heavy atom. The molecule has 2 aliphatic rings. The fraction of sp³-hybridized carbons (Fsp3) is 0.750. The maximum absolute atomic E-state index is 12.3. The van der Waals surface area contributed by atoms with Crippen LogP contribution in [0.15, 0.2) is 6.20 Å². The van der Waals surface area contributed by atoms with E-state index in [1.807, 2.05) is 6.92 Å². The van der Waals surface area contributed by atoms with E-state index in [1.54, 1.807) is 18.1 Å². The van der Waals surface area contributed by atoms with E-state index in [4.69, 9.17) is 4.74 Å². The van der Waals surface area contributed by atoms with Gasteiger partial charge in [-0.05, 0) is 26.2 Å². The fourth-order valence-corrected chi connectivity index (χ4v) is 3.61. The van der Waals surface area contributed by atoms with Gasteiger partial charge in [-0.15, -0.1) is 0 Å². The Morgan fingerprint density at radius 1 is 1.50 bits per heavy atom. The number of urea groups is 1. The van der Waals surface area contributed by atoms with E-state index >= 15 is 0 Å². The van der Waals surface area contributed by atoms with Gasteiger partial charge in [0.1, 0.15) is 5.82 Å². The largest absolute Gasteiger partial charge is 0.373 e. The summed E-state index contributed by atoms with van der Waals surface area (Å²) in [5, 5.41) is 3.10. The molecule has 1 atom stereocenters. The van der Waals surface area contributed by atoms with Gasteiger partial charge < -0.3 is 19.9 Å². The predicted octanol–water partition coefficient (Wildman–Crippen LogP) is 2.35. The van der Waals surface area contributed by atoms with Gasteiger partial charge in [0.25, 0.3) is 0 Å². The average Bonchev–Trinajstić information content (AvgIpc) is 3.07. The highest BCUT2D eigenvalue weighted by molar-refractivity contribution is 5.74. The smallest absolute Gasteiger partial charge is 0.317 e. The maximum Gasteiger partial charge on any atom is 0.317 e. The molecule has 22 heavy (non-hydrogen) atoms. The van der Waals surface area contributed by atoms with Gasteiger partial charge in [-0.2, -0.15) is 0 Å². The highest BCUT2D eigenvalue weighted by Crippen LogP contribution is 2.39. The predicted molar refractivity (Wildman–Crippen MR) is 83.5 cm³/mol. The molecule has 0 bridgehead atoms. The van der Waals surface area contributed by atoms with Crippen LogP contribution < -0.4 is 5.32 Å². The van der Waals surface area contributed by atoms with Crippen molar-refractivity contribution in [3.05, 3.63) is 17.7 Å². The number of carbonyl (C=O) groups excluding carboxylic acids is 1. The molecule has 1 saturated carbocycles. The topological polar surface area (TPSA) is 70.2 Å². The van der Waals surface area contributed by atoms with Crippen molar-refractivity contribution in [3.63, 3.8) is 0 Å². The number of amides is 2. The van der Waals surface area contributed by atoms with E-state index in [-0.39, 0.29) is 17.7 Å². The fourth-order valence-electron chi connectivity index (χ4n) is 3.61. The number of hydrogen-bond acceptors (Lipinski definition) is 3. The number of imidazole rings is 1. The highest BCUT2D eigenvalue weighted by Gasteiger charge is 2.41. The number of nitrogens with one attached hydrogen (secondary N) is 2. The summed E-state index contributed by atoms with van der Waals surface area (Å²) in [6.45, 7) is 3.08. The molecular formula is C16H26N4O2. The van der Waals surface area contributed by atoms with E-state index in [2.05, 4.69) is 15.3 Å². The van der Waals surface area contributed by atoms with Crippen LogP contribution in [0.5, 0.6) is 0 Å². The quantitative estimate of drug-likeness (QED) is 0.900. The number of hydrogen-bond donors (Lipinski definition) is 2. The minimum Gasteiger partial charge on any atom is -0.373 e. The molecule has 2 fully saturated rings. The number of aromatic amines is 1. The summed E-state index contributed by atoms with van der Waals surface area (Å²) in [5.74, 6) is 0.807. The van der Waals surface area contributed by atoms with Gasteiger partial charge in [-0.3, -0.25) is 0 Å². The van der Waals surface area contributed by atoms with E-state index in [1.165, 1.54) is 19.3 Å². The number of H-pyrrole nitrogens is 1. The highest BCUT2D eigenvalue weighted by atomic mass is 16.5. The SMILES string of the molecule is Cc1cnc(CN(C)C(=O)N[C@@H]2COC3(CCCCC3)C2)[nH]1. The van der Waals surface area contributed by atoms with Crippen LogP contribution in [0.4, 0.5) is 4.79 Å². The molecule has 3 rings (SSSR count). The van der Waals surface area contributed by atoms with Crippen LogP contribution in [0, 0.1) is 6.92 Å². The van der Waals surface area contributed by atoms with Crippen LogP contribution in [0.1, 0.15) is 50.0 Å². The minimum atomic E-state index is -0.0597. The first-order valence-electron chi connectivity index (χ1n) is 8.22. The van der Waals surface area contributed by atoms with Crippen molar-refractivity contribution in [3.8, 4) is 0 Å². The van der Waals surface area contributed by atoms with Crippen LogP contribution in [-0.2, 0) is 11.3 Å². The van der Waals surface area contributed by atoms with Gasteiger partial charge in [-0.1, -0.05) is 19.3 Å². The number of aromatic nitrogens is 2. The first-order chi connectivity index (χ1) is 10.6. The molecule has 2 heterocycles. The van der Waals surface area contributed by atoms with Crippen LogP contribution in [0.25, 0.3) is 0 Å². The summed E-state index contributed by atoms with van der Waals surface area (Å²) < 4.78 is 6.04. The summed E-state index contributed by atoms with van der Waals surface area (Å²) in [7, 11) is 1.79. The average molecular weight is 306 g/mol. The lowest BCUT2D eigenvalue weighted by atomic mass is 9.82. The second-order valence-electron chi connectivity index (χ2n) is 6.77. The summed E-state index contributed by atoms with van der Waals surface area (Å²) in [4.78, 5) is 21.3. The van der Waals surface area contributed by atoms with Crippen molar-refractivity contribution in [1.29, 1.82) is 0 Å². The normalized spacial score (nSPS) is 23.6. The molecule has 6 nitrogen and oxygen atoms in total. The molecule has 6 heteroatoms. The molecule has 1 aliphatic carbocycles. The van der Waals surface area contributed by atoms with Crippen molar-refractivity contribution in [2.45, 2.75) is 63.6 Å². The van der Waals surface area contributed by atoms with Crippen molar-refractivity contribution < 1.29 is 9.53 Å². The van der Waals surface area contributed by atoms with Gasteiger partial charge in [0.05, 0.1) is 24.8 Å². The Kier molecular flexibility index (Phi) is 4.38. The van der Waals surface area contributed by atoms with Gasteiger partial charge in [0.15, 0.2) is 0 Å². The van der Waals surface area contributed by atoms with Crippen molar-refractivity contribution in [2.24, 2.45) is 0 Å². The summed E-state index contributed by atoms with van der Waals surface area (Å²) >= 11 is 0. The molecule has 122 valence electrons. The Hall–Kier alpha value is -1.56. The van der Waals surface area contributed by atoms with Crippen molar-refractivity contribution in [2.75, 3.05) is 13.7 Å². The first-order valence-corrected chi connectivity index (χ1v) is 8.22. The lowest BCUT2D eigenvalue weighted by Crippen LogP contribution is -2.44. The Bertz CT molecular complexity index is 522. The number of nitrogens with zero attached hydrogens (tertiary/aromatic N) is 2. The second-order valence-corrected chi connectivity index (χ2v) is 6.77. The number of ether oxygens (including phenoxy) is 1. The van der Waals surface area contributed by atoms with E-state index in [0.29, 0.717) is 13.2 Å². The third kappa shape index (κ3) is 3.43. The summed E-state index contributed by atoms with van der Waals surface area (Å²) in [6.07, 6.45) is 8.82. The first kappa shape index (κ1) is 15.3. The number of rotatable bonds is 3. The molecule has 0 radical (unpaired) electrons. The molecule has 2 N–H and O–H groups in total. The third-order valence-corrected chi connectivity index (χ3v) is 4.79. The molecule has 0 aromatic carbocycles. The number of aryl methyl sites for hydroxylation is 1. The zero-order chi connectivity index (χ0) is 15.6. The van der Waals surface area contributed by atoms with E-state index < -0.39 is 0 Å².